The van der Waals surface area contributed by atoms with Gasteiger partial charge < -0.3 is 20.5 Å². The Morgan fingerprint density at radius 1 is 1.36 bits per heavy atom. The number of carbonyl (C=O) groups excluding carboxylic acids is 2. The van der Waals surface area contributed by atoms with Gasteiger partial charge in [0, 0.05) is 12.6 Å². The molecule has 0 aliphatic rings. The normalized spacial score (nSPS) is 15.9. The second-order valence-electron chi connectivity index (χ2n) is 4.86. The molecule has 11 heteroatoms. The summed E-state index contributed by atoms with van der Waals surface area (Å²) in [5.74, 6) is -3.26. The zero-order valence-electron chi connectivity index (χ0n) is 12.0. The fraction of sp³-hybridized carbons (Fsp3) is 0.727. The fourth-order valence-electron chi connectivity index (χ4n) is 1.54. The summed E-state index contributed by atoms with van der Waals surface area (Å²) in [6, 6.07) is -1.09. The summed E-state index contributed by atoms with van der Waals surface area (Å²) < 4.78 is 11.1. The molecule has 0 aliphatic carbocycles. The van der Waals surface area contributed by atoms with Crippen molar-refractivity contribution in [2.45, 2.75) is 38.4 Å². The Hall–Kier alpha value is -0.280. The maximum atomic E-state index is 12.1. The number of aliphatic hydroxyl groups is 1. The molecule has 22 heavy (non-hydrogen) atoms. The first-order valence-corrected chi connectivity index (χ1v) is 8.15. The summed E-state index contributed by atoms with van der Waals surface area (Å²) in [4.78, 5) is 35.6. The molecule has 0 aromatic carbocycles. The van der Waals surface area contributed by atoms with Crippen molar-refractivity contribution in [3.05, 3.63) is 0 Å². The van der Waals surface area contributed by atoms with E-state index < -0.39 is 43.6 Å². The van der Waals surface area contributed by atoms with Crippen LogP contribution in [-0.4, -0.2) is 86.7 Å². The molecule has 9 nitrogen and oxygen atoms in total. The third kappa shape index (κ3) is 6.87. The van der Waals surface area contributed by atoms with Crippen molar-refractivity contribution in [3.8, 4) is 0 Å². The van der Waals surface area contributed by atoms with Crippen LogP contribution in [0.4, 0.5) is 0 Å². The van der Waals surface area contributed by atoms with E-state index in [2.05, 4.69) is 0 Å². The summed E-state index contributed by atoms with van der Waals surface area (Å²) in [5, 5.41) is 17.7. The van der Waals surface area contributed by atoms with Crippen molar-refractivity contribution < 1.29 is 29.2 Å². The summed E-state index contributed by atoms with van der Waals surface area (Å²) in [7, 11) is -2.16. The molecule has 0 aromatic heterocycles. The molecule has 0 heterocycles. The van der Waals surface area contributed by atoms with E-state index in [0.717, 1.165) is 6.92 Å². The molecule has 3 atom stereocenters. The molecular weight excluding hydrogens is 324 g/mol. The van der Waals surface area contributed by atoms with Gasteiger partial charge in [-0.15, -0.1) is 0 Å². The molecule has 0 saturated carbocycles. The molecule has 6 N–H and O–H groups in total. The Morgan fingerprint density at radius 3 is 2.23 bits per heavy atom. The number of amides is 2. The van der Waals surface area contributed by atoms with Gasteiger partial charge in [0.05, 0.1) is 12.4 Å². The first kappa shape index (κ1) is 24.0. The van der Waals surface area contributed by atoms with E-state index in [1.54, 1.807) is 0 Å². The first-order chi connectivity index (χ1) is 9.55. The van der Waals surface area contributed by atoms with E-state index >= 15 is 0 Å². The van der Waals surface area contributed by atoms with E-state index in [1.165, 1.54) is 6.92 Å². The average Bonchev–Trinajstić information content (AvgIpc) is 2.37. The van der Waals surface area contributed by atoms with Crippen molar-refractivity contribution in [2.24, 2.45) is 11.5 Å². The van der Waals surface area contributed by atoms with Crippen molar-refractivity contribution >= 4 is 55.1 Å². The van der Waals surface area contributed by atoms with Crippen LogP contribution >= 0.6 is 7.80 Å². The van der Waals surface area contributed by atoms with Crippen LogP contribution in [0, 0.1) is 0 Å². The van der Waals surface area contributed by atoms with Crippen molar-refractivity contribution in [3.63, 3.8) is 0 Å². The molecule has 0 rings (SSSR count). The number of nitrogens with two attached hydrogens (primary N) is 2. The number of imide groups is 1. The second kappa shape index (κ2) is 10.5. The predicted molar refractivity (Wildman–Crippen MR) is 83.1 cm³/mol. The van der Waals surface area contributed by atoms with E-state index in [-0.39, 0.29) is 48.6 Å². The molecule has 124 valence electrons. The third-order valence-electron chi connectivity index (χ3n) is 2.78. The quantitative estimate of drug-likeness (QED) is 0.224. The number of carboxylic acids is 1. The van der Waals surface area contributed by atoms with Crippen molar-refractivity contribution in [1.29, 1.82) is 0 Å². The topological polar surface area (TPSA) is 164 Å². The Kier molecular flexibility index (Phi) is 11.4. The van der Waals surface area contributed by atoms with E-state index in [1.807, 2.05) is 0 Å². The van der Waals surface area contributed by atoms with Crippen molar-refractivity contribution in [2.75, 3.05) is 12.5 Å². The van der Waals surface area contributed by atoms with Gasteiger partial charge >= 0.3 is 35.5 Å². The predicted octanol–water partition coefficient (Wildman–Crippen LogP) is -1.91. The van der Waals surface area contributed by atoms with Gasteiger partial charge in [-0.1, -0.05) is 0 Å². The summed E-state index contributed by atoms with van der Waals surface area (Å²) in [5.41, 5.74) is 8.72. The molecule has 0 radical (unpaired) electrons. The van der Waals surface area contributed by atoms with Gasteiger partial charge in [-0.25, -0.2) is 4.79 Å². The van der Waals surface area contributed by atoms with Crippen molar-refractivity contribution in [1.82, 2.24) is 4.90 Å². The van der Waals surface area contributed by atoms with Crippen LogP contribution < -0.4 is 11.5 Å². The summed E-state index contributed by atoms with van der Waals surface area (Å²) in [6.07, 6.45) is -0.392. The van der Waals surface area contributed by atoms with Gasteiger partial charge in [0.2, 0.25) is 11.8 Å². The van der Waals surface area contributed by atoms with Crippen LogP contribution in [0.3, 0.4) is 0 Å². The monoisotopic (exact) mass is 347 g/mol. The summed E-state index contributed by atoms with van der Waals surface area (Å²) >= 11 is 0. The van der Waals surface area contributed by atoms with Gasteiger partial charge in [0.25, 0.3) is 0 Å². The standard InChI is InChI=1S/C11H22N3O6P.Na.H/c1-7(12)9(17)14(11(2,13)10(18)19)8(16)4-3-5-21(20)6-15;;/h7,15,21H,3-6,12-13H2,1-2H3,(H,18,19);;. The van der Waals surface area contributed by atoms with Crippen LogP contribution in [-0.2, 0) is 18.9 Å². The molecule has 3 unspecified atom stereocenters. The fourth-order valence-corrected chi connectivity index (χ4v) is 2.27. The van der Waals surface area contributed by atoms with Gasteiger partial charge in [0.1, 0.15) is 7.80 Å². The Morgan fingerprint density at radius 2 is 1.86 bits per heavy atom. The molecule has 2 amide bonds. The molecule has 0 bridgehead atoms. The number of carbonyl (C=O) groups is 3. The first-order valence-electron chi connectivity index (χ1n) is 6.33. The number of hydrogen-bond donors (Lipinski definition) is 4. The maximum absolute atomic E-state index is 12.1. The summed E-state index contributed by atoms with van der Waals surface area (Å²) in [6.45, 7) is 2.33. The molecule has 0 saturated heterocycles. The van der Waals surface area contributed by atoms with Crippen LogP contribution in [0.5, 0.6) is 0 Å². The minimum atomic E-state index is -2.22. The number of rotatable bonds is 8. The second-order valence-corrected chi connectivity index (χ2v) is 6.75. The number of aliphatic carboxylic acids is 1. The Bertz CT molecular complexity index is 444. The Labute approximate surface area is 151 Å². The van der Waals surface area contributed by atoms with Crippen LogP contribution in [0.1, 0.15) is 26.7 Å². The molecular formula is C11H23N3NaO6P. The van der Waals surface area contributed by atoms with E-state index in [4.69, 9.17) is 21.7 Å². The van der Waals surface area contributed by atoms with Gasteiger partial charge in [-0.2, -0.15) is 0 Å². The van der Waals surface area contributed by atoms with Crippen LogP contribution in [0.15, 0.2) is 0 Å². The van der Waals surface area contributed by atoms with Gasteiger partial charge in [-0.05, 0) is 20.3 Å². The van der Waals surface area contributed by atoms with Crippen LogP contribution in [0.25, 0.3) is 0 Å². The third-order valence-corrected chi connectivity index (χ3v) is 4.04. The minimum absolute atomic E-state index is 0. The number of nitrogens with zero attached hydrogens (tertiary/aromatic N) is 1. The van der Waals surface area contributed by atoms with Gasteiger partial charge in [-0.3, -0.25) is 20.2 Å². The SMILES string of the molecule is CC(N)C(=O)N(C(=O)CCC[PH](=O)CO)C(C)(N)C(=O)O.[NaH]. The zero-order chi connectivity index (χ0) is 16.8. The average molecular weight is 347 g/mol. The molecule has 0 spiro atoms. The zero-order valence-corrected chi connectivity index (χ0v) is 13.0. The number of hydrogen-bond acceptors (Lipinski definition) is 7. The van der Waals surface area contributed by atoms with Gasteiger partial charge in [0.15, 0.2) is 5.66 Å². The number of carboxylic acid groups (broad SMARTS) is 1. The number of aliphatic hydroxyl groups excluding tert-OH is 1. The van der Waals surface area contributed by atoms with E-state index in [9.17, 15) is 18.9 Å². The molecule has 0 fully saturated rings. The van der Waals surface area contributed by atoms with E-state index in [0.29, 0.717) is 4.90 Å². The Balaban J connectivity index is 0. The molecule has 0 aliphatic heterocycles. The van der Waals surface area contributed by atoms with Crippen LogP contribution in [0.2, 0.25) is 0 Å². The molecule has 0 aromatic rings.